The standard InChI is InChI=1S/C13H14N6S2.2ClH/c1-7-9(21-19-18-7)5-15-12-11-8-2-3-14-4-10(8)20-13(11)17-6-16-12;;/h6,14H,2-5H2,1H3,(H,15,16,17);2*1H. The molecule has 0 unspecified atom stereocenters. The third-order valence-corrected chi connectivity index (χ3v) is 5.63. The Morgan fingerprint density at radius 2 is 2.17 bits per heavy atom. The molecule has 0 amide bonds. The van der Waals surface area contributed by atoms with Crippen LogP contribution in [0.4, 0.5) is 5.82 Å². The van der Waals surface area contributed by atoms with Crippen LogP contribution in [0.5, 0.6) is 0 Å². The van der Waals surface area contributed by atoms with Gasteiger partial charge in [0.05, 0.1) is 22.5 Å². The SMILES string of the molecule is Cc1nnsc1CNc1ncnc2sc3c(c12)CCNC3.Cl.Cl. The van der Waals surface area contributed by atoms with Gasteiger partial charge in [-0.05, 0) is 37.0 Å². The molecule has 0 aliphatic carbocycles. The third-order valence-electron chi connectivity index (χ3n) is 3.67. The number of rotatable bonds is 3. The largest absolute Gasteiger partial charge is 0.364 e. The van der Waals surface area contributed by atoms with Crippen LogP contribution < -0.4 is 10.6 Å². The normalized spacial score (nSPS) is 13.1. The average Bonchev–Trinajstić information content (AvgIpc) is 3.08. The quantitative estimate of drug-likeness (QED) is 0.715. The average molecular weight is 391 g/mol. The van der Waals surface area contributed by atoms with Crippen LogP contribution in [0.1, 0.15) is 21.0 Å². The van der Waals surface area contributed by atoms with Gasteiger partial charge < -0.3 is 10.6 Å². The third kappa shape index (κ3) is 3.41. The molecule has 0 saturated heterocycles. The Bertz CT molecular complexity index is 803. The molecule has 0 spiro atoms. The summed E-state index contributed by atoms with van der Waals surface area (Å²) in [4.78, 5) is 12.5. The van der Waals surface area contributed by atoms with Gasteiger partial charge in [0, 0.05) is 11.4 Å². The Morgan fingerprint density at radius 3 is 2.96 bits per heavy atom. The molecule has 3 aromatic rings. The van der Waals surface area contributed by atoms with Crippen LogP contribution in [-0.2, 0) is 19.5 Å². The number of aryl methyl sites for hydroxylation is 1. The van der Waals surface area contributed by atoms with Crippen molar-refractivity contribution in [3.8, 4) is 0 Å². The van der Waals surface area contributed by atoms with Crippen molar-refractivity contribution in [2.24, 2.45) is 0 Å². The molecule has 0 saturated carbocycles. The Hall–Kier alpha value is -1.06. The van der Waals surface area contributed by atoms with E-state index >= 15 is 0 Å². The topological polar surface area (TPSA) is 75.6 Å². The van der Waals surface area contributed by atoms with Crippen LogP contribution >= 0.6 is 47.7 Å². The van der Waals surface area contributed by atoms with Gasteiger partial charge in [0.25, 0.3) is 0 Å². The molecule has 2 N–H and O–H groups in total. The predicted molar refractivity (Wildman–Crippen MR) is 99.3 cm³/mol. The van der Waals surface area contributed by atoms with E-state index in [0.717, 1.165) is 40.7 Å². The molecule has 1 aliphatic rings. The minimum Gasteiger partial charge on any atom is -0.364 e. The molecular formula is C13H16Cl2N6S2. The molecule has 0 atom stereocenters. The molecule has 0 radical (unpaired) electrons. The van der Waals surface area contributed by atoms with Gasteiger partial charge in [0.2, 0.25) is 0 Å². The summed E-state index contributed by atoms with van der Waals surface area (Å²) in [6.45, 7) is 4.64. The first-order valence-electron chi connectivity index (χ1n) is 6.80. The summed E-state index contributed by atoms with van der Waals surface area (Å²) in [6.07, 6.45) is 2.68. The lowest BCUT2D eigenvalue weighted by molar-refractivity contribution is 0.657. The lowest BCUT2D eigenvalue weighted by atomic mass is 10.1. The molecule has 4 rings (SSSR count). The van der Waals surface area contributed by atoms with Crippen LogP contribution in [0.3, 0.4) is 0 Å². The molecule has 10 heteroatoms. The molecule has 0 aromatic carbocycles. The monoisotopic (exact) mass is 390 g/mol. The van der Waals surface area contributed by atoms with Crippen LogP contribution in [0.15, 0.2) is 6.33 Å². The molecule has 0 bridgehead atoms. The van der Waals surface area contributed by atoms with E-state index < -0.39 is 0 Å². The van der Waals surface area contributed by atoms with Gasteiger partial charge >= 0.3 is 0 Å². The van der Waals surface area contributed by atoms with Crippen molar-refractivity contribution < 1.29 is 0 Å². The van der Waals surface area contributed by atoms with Crippen molar-refractivity contribution in [3.05, 3.63) is 27.3 Å². The Labute approximate surface area is 154 Å². The van der Waals surface area contributed by atoms with E-state index in [1.807, 2.05) is 6.92 Å². The van der Waals surface area contributed by atoms with Crippen molar-refractivity contribution in [2.45, 2.75) is 26.4 Å². The first kappa shape index (κ1) is 18.3. The zero-order valence-corrected chi connectivity index (χ0v) is 15.6. The maximum atomic E-state index is 4.44. The van der Waals surface area contributed by atoms with Gasteiger partial charge in [0.1, 0.15) is 17.0 Å². The fourth-order valence-corrected chi connectivity index (χ4v) is 4.30. The van der Waals surface area contributed by atoms with Gasteiger partial charge in [-0.3, -0.25) is 0 Å². The lowest BCUT2D eigenvalue weighted by Crippen LogP contribution is -2.22. The van der Waals surface area contributed by atoms with E-state index in [1.54, 1.807) is 17.7 Å². The Morgan fingerprint density at radius 1 is 1.30 bits per heavy atom. The second-order valence-electron chi connectivity index (χ2n) is 4.97. The number of halogens is 2. The molecule has 23 heavy (non-hydrogen) atoms. The summed E-state index contributed by atoms with van der Waals surface area (Å²) in [6, 6.07) is 0. The lowest BCUT2D eigenvalue weighted by Gasteiger charge is -2.13. The van der Waals surface area contributed by atoms with E-state index in [9.17, 15) is 0 Å². The van der Waals surface area contributed by atoms with E-state index in [4.69, 9.17) is 0 Å². The number of nitrogens with one attached hydrogen (secondary N) is 2. The second kappa shape index (κ2) is 7.67. The molecular weight excluding hydrogens is 375 g/mol. The van der Waals surface area contributed by atoms with Crippen molar-refractivity contribution in [1.29, 1.82) is 0 Å². The number of nitrogens with zero attached hydrogens (tertiary/aromatic N) is 4. The zero-order valence-electron chi connectivity index (χ0n) is 12.3. The highest BCUT2D eigenvalue weighted by Crippen LogP contribution is 2.35. The van der Waals surface area contributed by atoms with Crippen LogP contribution in [0, 0.1) is 6.92 Å². The number of aromatic nitrogens is 4. The highest BCUT2D eigenvalue weighted by atomic mass is 35.5. The summed E-state index contributed by atoms with van der Waals surface area (Å²) >= 11 is 3.20. The number of hydrogen-bond acceptors (Lipinski definition) is 8. The van der Waals surface area contributed by atoms with Crippen LogP contribution in [0.25, 0.3) is 10.2 Å². The first-order valence-corrected chi connectivity index (χ1v) is 8.39. The molecule has 0 fully saturated rings. The second-order valence-corrected chi connectivity index (χ2v) is 6.89. The zero-order chi connectivity index (χ0) is 14.2. The molecule has 6 nitrogen and oxygen atoms in total. The van der Waals surface area contributed by atoms with Gasteiger partial charge in [-0.25, -0.2) is 9.97 Å². The first-order chi connectivity index (χ1) is 10.3. The summed E-state index contributed by atoms with van der Waals surface area (Å²) in [7, 11) is 0. The van der Waals surface area contributed by atoms with Crippen molar-refractivity contribution in [2.75, 3.05) is 11.9 Å². The fourth-order valence-electron chi connectivity index (χ4n) is 2.57. The number of thiophene rings is 1. The van der Waals surface area contributed by atoms with E-state index in [1.165, 1.54) is 27.4 Å². The van der Waals surface area contributed by atoms with Gasteiger partial charge in [-0.15, -0.1) is 41.2 Å². The number of anilines is 1. The van der Waals surface area contributed by atoms with Crippen molar-refractivity contribution in [3.63, 3.8) is 0 Å². The smallest absolute Gasteiger partial charge is 0.138 e. The van der Waals surface area contributed by atoms with Gasteiger partial charge in [-0.1, -0.05) is 4.49 Å². The summed E-state index contributed by atoms with van der Waals surface area (Å²) in [5.74, 6) is 0.923. The van der Waals surface area contributed by atoms with Gasteiger partial charge in [0.15, 0.2) is 0 Å². The summed E-state index contributed by atoms with van der Waals surface area (Å²) < 4.78 is 3.97. The highest BCUT2D eigenvalue weighted by molar-refractivity contribution is 7.19. The highest BCUT2D eigenvalue weighted by Gasteiger charge is 2.19. The minimum absolute atomic E-state index is 0. The van der Waals surface area contributed by atoms with Crippen molar-refractivity contribution >= 4 is 63.7 Å². The van der Waals surface area contributed by atoms with E-state index in [2.05, 4.69) is 30.2 Å². The molecule has 4 heterocycles. The van der Waals surface area contributed by atoms with Crippen LogP contribution in [-0.4, -0.2) is 26.1 Å². The summed E-state index contributed by atoms with van der Waals surface area (Å²) in [5, 5.41) is 12.1. The molecule has 124 valence electrons. The van der Waals surface area contributed by atoms with E-state index in [0.29, 0.717) is 6.54 Å². The molecule has 3 aromatic heterocycles. The van der Waals surface area contributed by atoms with Crippen LogP contribution in [0.2, 0.25) is 0 Å². The predicted octanol–water partition coefficient (Wildman–Crippen LogP) is 2.95. The number of hydrogen-bond donors (Lipinski definition) is 2. The maximum Gasteiger partial charge on any atom is 0.138 e. The minimum atomic E-state index is 0. The van der Waals surface area contributed by atoms with E-state index in [-0.39, 0.29) is 24.8 Å². The maximum absolute atomic E-state index is 4.44. The van der Waals surface area contributed by atoms with Crippen molar-refractivity contribution in [1.82, 2.24) is 24.9 Å². The van der Waals surface area contributed by atoms with Gasteiger partial charge in [-0.2, -0.15) is 0 Å². The summed E-state index contributed by atoms with van der Waals surface area (Å²) in [5.41, 5.74) is 2.38. The molecule has 1 aliphatic heterocycles. The fraction of sp³-hybridized carbons (Fsp3) is 0.385. The Kier molecular flexibility index (Phi) is 6.10. The number of fused-ring (bicyclic) bond motifs is 3. The Balaban J connectivity index is 0.000000960.